The van der Waals surface area contributed by atoms with Crippen LogP contribution in [0, 0.1) is 0 Å². The Morgan fingerprint density at radius 1 is 1.00 bits per heavy atom. The van der Waals surface area contributed by atoms with Crippen molar-refractivity contribution in [2.75, 3.05) is 5.32 Å². The quantitative estimate of drug-likeness (QED) is 0.684. The third kappa shape index (κ3) is 3.76. The summed E-state index contributed by atoms with van der Waals surface area (Å²) in [6, 6.07) is 11.4. The topological polar surface area (TPSA) is 75.5 Å². The number of amides is 2. The van der Waals surface area contributed by atoms with E-state index >= 15 is 0 Å². The lowest BCUT2D eigenvalue weighted by Crippen LogP contribution is -2.31. The summed E-state index contributed by atoms with van der Waals surface area (Å²) in [6.07, 6.45) is 3.37. The van der Waals surface area contributed by atoms with Crippen molar-refractivity contribution in [1.82, 2.24) is 14.7 Å². The minimum absolute atomic E-state index is 0.0237. The Morgan fingerprint density at radius 2 is 1.68 bits per heavy atom. The van der Waals surface area contributed by atoms with E-state index < -0.39 is 0 Å². The number of anilines is 1. The molecule has 0 spiro atoms. The molecule has 3 rings (SSSR count). The van der Waals surface area contributed by atoms with E-state index in [2.05, 4.69) is 29.5 Å². The van der Waals surface area contributed by atoms with Crippen molar-refractivity contribution in [3.8, 4) is 0 Å². The molecule has 2 N–H and O–H groups in total. The van der Waals surface area contributed by atoms with Gasteiger partial charge in [-0.25, -0.2) is 4.98 Å². The van der Waals surface area contributed by atoms with Gasteiger partial charge in [-0.2, -0.15) is 0 Å². The van der Waals surface area contributed by atoms with E-state index in [1.807, 2.05) is 44.2 Å². The Kier molecular flexibility index (Phi) is 5.78. The van der Waals surface area contributed by atoms with Gasteiger partial charge in [0.25, 0.3) is 11.8 Å². The maximum Gasteiger partial charge on any atom is 0.287 e. The molecule has 6 nitrogen and oxygen atoms in total. The van der Waals surface area contributed by atoms with Crippen molar-refractivity contribution in [3.05, 3.63) is 65.2 Å². The van der Waals surface area contributed by atoms with Crippen molar-refractivity contribution in [3.63, 3.8) is 0 Å². The van der Waals surface area contributed by atoms with Crippen molar-refractivity contribution in [2.45, 2.75) is 46.6 Å². The second-order valence-corrected chi connectivity index (χ2v) is 6.98. The molecule has 0 unspecified atom stereocenters. The number of benzene rings is 1. The molecular formula is C22H26N4O2. The van der Waals surface area contributed by atoms with Gasteiger partial charge >= 0.3 is 0 Å². The minimum Gasteiger partial charge on any atom is -0.347 e. The van der Waals surface area contributed by atoms with E-state index in [-0.39, 0.29) is 29.4 Å². The fourth-order valence-electron chi connectivity index (χ4n) is 3.27. The van der Waals surface area contributed by atoms with Gasteiger partial charge in [0.05, 0.1) is 5.52 Å². The molecule has 146 valence electrons. The number of hydrogen-bond acceptors (Lipinski definition) is 3. The number of imidazole rings is 1. The summed E-state index contributed by atoms with van der Waals surface area (Å²) in [4.78, 5) is 30.0. The summed E-state index contributed by atoms with van der Waals surface area (Å²) < 4.78 is 1.65. The van der Waals surface area contributed by atoms with Gasteiger partial charge in [0, 0.05) is 17.9 Å². The monoisotopic (exact) mass is 378 g/mol. The molecule has 0 saturated heterocycles. The van der Waals surface area contributed by atoms with Crippen LogP contribution in [0.15, 0.2) is 42.6 Å². The number of nitrogens with one attached hydrogen (secondary N) is 2. The molecule has 28 heavy (non-hydrogen) atoms. The molecule has 2 heterocycles. The number of hydrogen-bond donors (Lipinski definition) is 2. The molecule has 2 aromatic heterocycles. The minimum atomic E-state index is -0.317. The molecule has 0 radical (unpaired) electrons. The second kappa shape index (κ2) is 8.25. The van der Waals surface area contributed by atoms with Crippen molar-refractivity contribution >= 4 is 23.0 Å². The molecule has 6 heteroatoms. The van der Waals surface area contributed by atoms with Crippen LogP contribution in [0.3, 0.4) is 0 Å². The molecule has 0 bridgehead atoms. The first-order chi connectivity index (χ1) is 13.5. The molecule has 2 amide bonds. The third-order valence-electron chi connectivity index (χ3n) is 4.62. The van der Waals surface area contributed by atoms with E-state index in [1.54, 1.807) is 16.7 Å². The van der Waals surface area contributed by atoms with Gasteiger partial charge < -0.3 is 10.6 Å². The smallest absolute Gasteiger partial charge is 0.287 e. The Labute approximate surface area is 165 Å². The van der Waals surface area contributed by atoms with Gasteiger partial charge in [-0.15, -0.1) is 0 Å². The lowest BCUT2D eigenvalue weighted by molar-refractivity contribution is 0.0932. The standard InChI is InChI=1S/C22H26N4O2/c1-5-15-10-9-11-16(6-2)18(15)25-21(27)19-17-12-7-8-13-26(17)20(24-19)22(28)23-14(3)4/h7-14H,5-6H2,1-4H3,(H,23,28)(H,25,27). The molecule has 1 aromatic carbocycles. The summed E-state index contributed by atoms with van der Waals surface area (Å²) in [5, 5.41) is 5.87. The molecule has 0 aliphatic heterocycles. The molecule has 0 fully saturated rings. The lowest BCUT2D eigenvalue weighted by Gasteiger charge is -2.13. The van der Waals surface area contributed by atoms with Crippen LogP contribution in [0.4, 0.5) is 5.69 Å². The highest BCUT2D eigenvalue weighted by Gasteiger charge is 2.22. The normalized spacial score (nSPS) is 11.0. The van der Waals surface area contributed by atoms with Gasteiger partial charge in [0.1, 0.15) is 0 Å². The molecule has 0 saturated carbocycles. The number of pyridine rings is 1. The lowest BCUT2D eigenvalue weighted by atomic mass is 10.0. The van der Waals surface area contributed by atoms with Gasteiger partial charge in [-0.3, -0.25) is 14.0 Å². The van der Waals surface area contributed by atoms with Gasteiger partial charge in [0.15, 0.2) is 5.69 Å². The number of para-hydroxylation sites is 1. The zero-order chi connectivity index (χ0) is 20.3. The maximum absolute atomic E-state index is 13.1. The van der Waals surface area contributed by atoms with E-state index in [0.29, 0.717) is 5.52 Å². The summed E-state index contributed by atoms with van der Waals surface area (Å²) in [5.41, 5.74) is 3.83. The highest BCUT2D eigenvalue weighted by atomic mass is 16.2. The number of rotatable bonds is 6. The van der Waals surface area contributed by atoms with Gasteiger partial charge in [-0.1, -0.05) is 38.1 Å². The summed E-state index contributed by atoms with van der Waals surface area (Å²) in [5.74, 6) is -0.421. The Hall–Kier alpha value is -3.15. The van der Waals surface area contributed by atoms with Gasteiger partial charge in [0.2, 0.25) is 5.82 Å². The Bertz CT molecular complexity index is 998. The summed E-state index contributed by atoms with van der Waals surface area (Å²) >= 11 is 0. The fourth-order valence-corrected chi connectivity index (χ4v) is 3.27. The van der Waals surface area contributed by atoms with Crippen LogP contribution in [0.1, 0.15) is 59.9 Å². The highest BCUT2D eigenvalue weighted by Crippen LogP contribution is 2.24. The van der Waals surface area contributed by atoms with Gasteiger partial charge in [-0.05, 0) is 49.9 Å². The molecule has 0 atom stereocenters. The zero-order valence-corrected chi connectivity index (χ0v) is 16.7. The number of carbonyl (C=O) groups is 2. The first-order valence-electron chi connectivity index (χ1n) is 9.66. The fraction of sp³-hybridized carbons (Fsp3) is 0.318. The number of aryl methyl sites for hydroxylation is 2. The van der Waals surface area contributed by atoms with Crippen molar-refractivity contribution in [2.24, 2.45) is 0 Å². The molecule has 0 aliphatic carbocycles. The van der Waals surface area contributed by atoms with Crippen LogP contribution >= 0.6 is 0 Å². The predicted octanol–water partition coefficient (Wildman–Crippen LogP) is 3.85. The SMILES string of the molecule is CCc1cccc(CC)c1NC(=O)c1nc(C(=O)NC(C)C)n2ccccc12. The van der Waals surface area contributed by atoms with Crippen LogP contribution in [0.2, 0.25) is 0 Å². The van der Waals surface area contributed by atoms with Crippen molar-refractivity contribution in [1.29, 1.82) is 0 Å². The number of aromatic nitrogens is 2. The van der Waals surface area contributed by atoms with E-state index in [1.165, 1.54) is 0 Å². The Morgan fingerprint density at radius 3 is 2.29 bits per heavy atom. The van der Waals surface area contributed by atoms with E-state index in [4.69, 9.17) is 0 Å². The third-order valence-corrected chi connectivity index (χ3v) is 4.62. The van der Waals surface area contributed by atoms with Crippen molar-refractivity contribution < 1.29 is 9.59 Å². The van der Waals surface area contributed by atoms with Crippen LogP contribution < -0.4 is 10.6 Å². The number of nitrogens with zero attached hydrogens (tertiary/aromatic N) is 2. The largest absolute Gasteiger partial charge is 0.347 e. The van der Waals surface area contributed by atoms with E-state index in [0.717, 1.165) is 29.7 Å². The number of fused-ring (bicyclic) bond motifs is 1. The van der Waals surface area contributed by atoms with Crippen LogP contribution in [0.25, 0.3) is 5.52 Å². The first kappa shape index (κ1) is 19.6. The average molecular weight is 378 g/mol. The van der Waals surface area contributed by atoms with Crippen LogP contribution in [0.5, 0.6) is 0 Å². The molecular weight excluding hydrogens is 352 g/mol. The summed E-state index contributed by atoms with van der Waals surface area (Å²) in [6.45, 7) is 7.89. The molecule has 3 aromatic rings. The Balaban J connectivity index is 2.03. The number of carbonyl (C=O) groups excluding carboxylic acids is 2. The molecule has 0 aliphatic rings. The maximum atomic E-state index is 13.1. The zero-order valence-electron chi connectivity index (χ0n) is 16.7. The highest BCUT2D eigenvalue weighted by molar-refractivity contribution is 6.09. The first-order valence-corrected chi connectivity index (χ1v) is 9.66. The van der Waals surface area contributed by atoms with Crippen LogP contribution in [-0.2, 0) is 12.8 Å². The van der Waals surface area contributed by atoms with E-state index in [9.17, 15) is 9.59 Å². The van der Waals surface area contributed by atoms with Crippen LogP contribution in [-0.4, -0.2) is 27.2 Å². The second-order valence-electron chi connectivity index (χ2n) is 6.98. The summed E-state index contributed by atoms with van der Waals surface area (Å²) in [7, 11) is 0. The average Bonchev–Trinajstić information content (AvgIpc) is 3.07. The predicted molar refractivity (Wildman–Crippen MR) is 111 cm³/mol.